The van der Waals surface area contributed by atoms with Gasteiger partial charge in [-0.3, -0.25) is 0 Å². The maximum absolute atomic E-state index is 4.27. The lowest BCUT2D eigenvalue weighted by molar-refractivity contribution is 0.556. The van der Waals surface area contributed by atoms with Gasteiger partial charge in [-0.05, 0) is 29.9 Å². The molecule has 0 saturated carbocycles. The SMILES string of the molecule is CC(C)C.CC(C)CCC(C)S. The smallest absolute Gasteiger partial charge is 0.00115 e. The van der Waals surface area contributed by atoms with E-state index in [2.05, 4.69) is 54.2 Å². The Bertz CT molecular complexity index is 64.3. The van der Waals surface area contributed by atoms with Crippen molar-refractivity contribution in [3.63, 3.8) is 0 Å². The Morgan fingerprint density at radius 2 is 1.17 bits per heavy atom. The molecule has 0 aliphatic carbocycles. The third kappa shape index (κ3) is 31.6. The molecule has 0 aromatic carbocycles. The normalized spacial score (nSPS) is 12.8. The summed E-state index contributed by atoms with van der Waals surface area (Å²) in [6, 6.07) is 0. The van der Waals surface area contributed by atoms with Crippen molar-refractivity contribution < 1.29 is 0 Å². The zero-order valence-electron chi connectivity index (χ0n) is 9.59. The van der Waals surface area contributed by atoms with Crippen LogP contribution in [0, 0.1) is 11.8 Å². The highest BCUT2D eigenvalue weighted by Gasteiger charge is 1.96. The maximum Gasteiger partial charge on any atom is -0.00115 e. The quantitative estimate of drug-likeness (QED) is 0.626. The van der Waals surface area contributed by atoms with Crippen LogP contribution in [0.25, 0.3) is 0 Å². The van der Waals surface area contributed by atoms with Crippen LogP contribution in [-0.4, -0.2) is 5.25 Å². The third-order valence-electron chi connectivity index (χ3n) is 1.16. The molecule has 0 aliphatic heterocycles. The van der Waals surface area contributed by atoms with Gasteiger partial charge < -0.3 is 0 Å². The Morgan fingerprint density at radius 1 is 0.833 bits per heavy atom. The van der Waals surface area contributed by atoms with Crippen molar-refractivity contribution in [3.05, 3.63) is 0 Å². The van der Waals surface area contributed by atoms with Gasteiger partial charge in [-0.2, -0.15) is 12.6 Å². The van der Waals surface area contributed by atoms with Gasteiger partial charge in [0.15, 0.2) is 0 Å². The molecule has 0 N–H and O–H groups in total. The van der Waals surface area contributed by atoms with Crippen LogP contribution in [0.3, 0.4) is 0 Å². The van der Waals surface area contributed by atoms with Gasteiger partial charge in [0.05, 0.1) is 0 Å². The Kier molecular flexibility index (Phi) is 11.7. The van der Waals surface area contributed by atoms with Crippen molar-refractivity contribution >= 4 is 12.6 Å². The molecule has 0 amide bonds. The fraction of sp³-hybridized carbons (Fsp3) is 1.00. The number of hydrogen-bond donors (Lipinski definition) is 1. The van der Waals surface area contributed by atoms with Gasteiger partial charge in [-0.25, -0.2) is 0 Å². The zero-order valence-corrected chi connectivity index (χ0v) is 10.5. The van der Waals surface area contributed by atoms with E-state index in [0.29, 0.717) is 5.25 Å². The zero-order chi connectivity index (χ0) is 10.1. The van der Waals surface area contributed by atoms with E-state index in [1.807, 2.05) is 0 Å². The van der Waals surface area contributed by atoms with Crippen molar-refractivity contribution in [3.8, 4) is 0 Å². The third-order valence-corrected chi connectivity index (χ3v) is 1.42. The molecule has 0 fully saturated rings. The number of thiol groups is 1. The molecule has 1 heteroatoms. The topological polar surface area (TPSA) is 0 Å². The molecule has 0 aliphatic rings. The summed E-state index contributed by atoms with van der Waals surface area (Å²) < 4.78 is 0. The van der Waals surface area contributed by atoms with Gasteiger partial charge in [0.2, 0.25) is 0 Å². The molecule has 0 heterocycles. The highest BCUT2D eigenvalue weighted by molar-refractivity contribution is 7.80. The first-order valence-electron chi connectivity index (χ1n) is 5.04. The van der Waals surface area contributed by atoms with Gasteiger partial charge >= 0.3 is 0 Å². The molecule has 0 saturated heterocycles. The van der Waals surface area contributed by atoms with Crippen LogP contribution in [0.5, 0.6) is 0 Å². The fourth-order valence-corrected chi connectivity index (χ4v) is 0.724. The molecule has 0 radical (unpaired) electrons. The Hall–Kier alpha value is 0.350. The van der Waals surface area contributed by atoms with Gasteiger partial charge in [-0.15, -0.1) is 0 Å². The van der Waals surface area contributed by atoms with Crippen LogP contribution in [0.1, 0.15) is 54.4 Å². The molecule has 12 heavy (non-hydrogen) atoms. The van der Waals surface area contributed by atoms with Crippen molar-refractivity contribution in [1.29, 1.82) is 0 Å². The Balaban J connectivity index is 0. The second kappa shape index (κ2) is 9.44. The van der Waals surface area contributed by atoms with Crippen molar-refractivity contribution in [1.82, 2.24) is 0 Å². The molecule has 1 unspecified atom stereocenters. The highest BCUT2D eigenvalue weighted by Crippen LogP contribution is 2.09. The summed E-state index contributed by atoms with van der Waals surface area (Å²) in [7, 11) is 0. The van der Waals surface area contributed by atoms with E-state index in [-0.39, 0.29) is 0 Å². The van der Waals surface area contributed by atoms with E-state index < -0.39 is 0 Å². The van der Waals surface area contributed by atoms with E-state index in [1.165, 1.54) is 12.8 Å². The molecular weight excluding hydrogens is 164 g/mol. The molecule has 0 rings (SSSR count). The summed E-state index contributed by atoms with van der Waals surface area (Å²) in [6.07, 6.45) is 2.56. The maximum atomic E-state index is 4.27. The van der Waals surface area contributed by atoms with Crippen LogP contribution in [0.15, 0.2) is 0 Å². The molecule has 1 atom stereocenters. The number of rotatable bonds is 3. The standard InChI is InChI=1S/C7H16S.C4H10/c1-6(2)4-5-7(3)8;1-4(2)3/h6-8H,4-5H2,1-3H3;4H,1-3H3. The molecule has 0 aromatic heterocycles. The van der Waals surface area contributed by atoms with Crippen LogP contribution in [-0.2, 0) is 0 Å². The first-order valence-corrected chi connectivity index (χ1v) is 5.56. The predicted octanol–water partition coefficient (Wildman–Crippen LogP) is 4.40. The van der Waals surface area contributed by atoms with Crippen molar-refractivity contribution in [2.45, 2.75) is 59.6 Å². The monoisotopic (exact) mass is 190 g/mol. The van der Waals surface area contributed by atoms with E-state index >= 15 is 0 Å². The van der Waals surface area contributed by atoms with Crippen LogP contribution in [0.4, 0.5) is 0 Å². The van der Waals surface area contributed by atoms with Crippen LogP contribution < -0.4 is 0 Å². The summed E-state index contributed by atoms with van der Waals surface area (Å²) in [5.41, 5.74) is 0. The van der Waals surface area contributed by atoms with Gasteiger partial charge in [-0.1, -0.05) is 41.5 Å². The largest absolute Gasteiger partial charge is 0.176 e. The molecule has 0 spiro atoms. The fourth-order valence-electron chi connectivity index (χ4n) is 0.575. The molecular formula is C11H26S. The number of hydrogen-bond acceptors (Lipinski definition) is 1. The van der Waals surface area contributed by atoms with E-state index in [1.54, 1.807) is 0 Å². The van der Waals surface area contributed by atoms with E-state index in [4.69, 9.17) is 0 Å². The average Bonchev–Trinajstić information content (AvgIpc) is 1.82. The minimum Gasteiger partial charge on any atom is -0.176 e. The average molecular weight is 190 g/mol. The van der Waals surface area contributed by atoms with Gasteiger partial charge in [0.1, 0.15) is 0 Å². The van der Waals surface area contributed by atoms with Crippen molar-refractivity contribution in [2.75, 3.05) is 0 Å². The second-order valence-electron chi connectivity index (χ2n) is 4.55. The van der Waals surface area contributed by atoms with Crippen LogP contribution >= 0.6 is 12.6 Å². The summed E-state index contributed by atoms with van der Waals surface area (Å²) in [5.74, 6) is 1.67. The van der Waals surface area contributed by atoms with Gasteiger partial charge in [0, 0.05) is 0 Å². The first-order chi connectivity index (χ1) is 5.36. The van der Waals surface area contributed by atoms with Crippen LogP contribution in [0.2, 0.25) is 0 Å². The first kappa shape index (κ1) is 14.9. The minimum atomic E-state index is 0.581. The summed E-state index contributed by atoms with van der Waals surface area (Å²) >= 11 is 4.27. The lowest BCUT2D eigenvalue weighted by atomic mass is 10.1. The molecule has 76 valence electrons. The molecule has 0 nitrogen and oxygen atoms in total. The Morgan fingerprint density at radius 3 is 1.25 bits per heavy atom. The summed E-state index contributed by atoms with van der Waals surface area (Å²) in [5, 5.41) is 0.581. The lowest BCUT2D eigenvalue weighted by Gasteiger charge is -2.05. The predicted molar refractivity (Wildman–Crippen MR) is 63.0 cm³/mol. The second-order valence-corrected chi connectivity index (χ2v) is 5.43. The Labute approximate surface area is 84.5 Å². The van der Waals surface area contributed by atoms with E-state index in [9.17, 15) is 0 Å². The van der Waals surface area contributed by atoms with E-state index in [0.717, 1.165) is 11.8 Å². The summed E-state index contributed by atoms with van der Waals surface area (Å²) in [6.45, 7) is 13.1. The molecule has 0 bridgehead atoms. The summed E-state index contributed by atoms with van der Waals surface area (Å²) in [4.78, 5) is 0. The van der Waals surface area contributed by atoms with Crippen molar-refractivity contribution in [2.24, 2.45) is 11.8 Å². The van der Waals surface area contributed by atoms with Gasteiger partial charge in [0.25, 0.3) is 0 Å². The minimum absolute atomic E-state index is 0.581. The highest BCUT2D eigenvalue weighted by atomic mass is 32.1. The molecule has 0 aromatic rings. The lowest BCUT2D eigenvalue weighted by Crippen LogP contribution is -1.94.